The van der Waals surface area contributed by atoms with Crippen LogP contribution in [-0.4, -0.2) is 18.6 Å². The van der Waals surface area contributed by atoms with Gasteiger partial charge in [0.25, 0.3) is 5.91 Å². The zero-order chi connectivity index (χ0) is 13.2. The molecule has 0 atom stereocenters. The molecule has 2 aliphatic carbocycles. The highest BCUT2D eigenvalue weighted by Crippen LogP contribution is 2.28. The fourth-order valence-electron chi connectivity index (χ4n) is 2.15. The lowest BCUT2D eigenvalue weighted by atomic mass is 9.86. The molecule has 2 fully saturated rings. The molecule has 2 aliphatic rings. The van der Waals surface area contributed by atoms with E-state index in [0.29, 0.717) is 17.5 Å². The smallest absolute Gasteiger partial charge is 0.251 e. The van der Waals surface area contributed by atoms with E-state index in [0.717, 1.165) is 29.7 Å². The molecule has 0 aliphatic heterocycles. The van der Waals surface area contributed by atoms with E-state index in [1.807, 2.05) is 18.2 Å². The maximum absolute atomic E-state index is 12.0. The Morgan fingerprint density at radius 2 is 2.05 bits per heavy atom. The summed E-state index contributed by atoms with van der Waals surface area (Å²) in [7, 11) is 0. The third-order valence-electron chi connectivity index (χ3n) is 3.76. The highest BCUT2D eigenvalue weighted by Gasteiger charge is 2.24. The molecule has 4 heteroatoms. The van der Waals surface area contributed by atoms with Crippen LogP contribution in [0.5, 0.6) is 5.75 Å². The van der Waals surface area contributed by atoms with Crippen molar-refractivity contribution in [2.75, 3.05) is 6.61 Å². The van der Waals surface area contributed by atoms with E-state index >= 15 is 0 Å². The largest absolute Gasteiger partial charge is 0.493 e. The number of hydrogen-bond acceptors (Lipinski definition) is 2. The summed E-state index contributed by atoms with van der Waals surface area (Å²) in [5.41, 5.74) is 0.671. The Balaban J connectivity index is 1.65. The Morgan fingerprint density at radius 1 is 1.26 bits per heavy atom. The van der Waals surface area contributed by atoms with E-state index in [4.69, 9.17) is 4.74 Å². The van der Waals surface area contributed by atoms with Crippen molar-refractivity contribution >= 4 is 21.8 Å². The highest BCUT2D eigenvalue weighted by molar-refractivity contribution is 9.10. The standard InChI is InChI=1S/C15H18BrNO2/c16-12-6-11(15(18)17-13-4-5-13)7-14(8-12)19-9-10-2-1-3-10/h6-8,10,13H,1-5,9H2,(H,17,18). The lowest BCUT2D eigenvalue weighted by Crippen LogP contribution is -2.25. The highest BCUT2D eigenvalue weighted by atomic mass is 79.9. The van der Waals surface area contributed by atoms with Gasteiger partial charge in [-0.05, 0) is 49.8 Å². The number of rotatable bonds is 5. The van der Waals surface area contributed by atoms with Crippen molar-refractivity contribution < 1.29 is 9.53 Å². The zero-order valence-corrected chi connectivity index (χ0v) is 12.4. The van der Waals surface area contributed by atoms with Crippen LogP contribution in [0.2, 0.25) is 0 Å². The first-order chi connectivity index (χ1) is 9.20. The van der Waals surface area contributed by atoms with E-state index in [9.17, 15) is 4.79 Å². The van der Waals surface area contributed by atoms with E-state index in [1.54, 1.807) is 0 Å². The molecule has 102 valence electrons. The SMILES string of the molecule is O=C(NC1CC1)c1cc(Br)cc(OCC2CCC2)c1. The minimum atomic E-state index is -0.00251. The maximum atomic E-state index is 12.0. The van der Waals surface area contributed by atoms with Crippen molar-refractivity contribution in [3.05, 3.63) is 28.2 Å². The molecular formula is C15H18BrNO2. The summed E-state index contributed by atoms with van der Waals surface area (Å²) in [6.45, 7) is 0.764. The van der Waals surface area contributed by atoms with Gasteiger partial charge < -0.3 is 10.1 Å². The van der Waals surface area contributed by atoms with Gasteiger partial charge in [-0.3, -0.25) is 4.79 Å². The average Bonchev–Trinajstić information content (AvgIpc) is 3.10. The molecule has 19 heavy (non-hydrogen) atoms. The van der Waals surface area contributed by atoms with Crippen LogP contribution in [0.3, 0.4) is 0 Å². The number of carbonyl (C=O) groups is 1. The number of amides is 1. The van der Waals surface area contributed by atoms with Crippen LogP contribution >= 0.6 is 15.9 Å². The van der Waals surface area contributed by atoms with Crippen LogP contribution in [-0.2, 0) is 0 Å². The van der Waals surface area contributed by atoms with Crippen LogP contribution in [0.15, 0.2) is 22.7 Å². The summed E-state index contributed by atoms with van der Waals surface area (Å²) in [6, 6.07) is 5.98. The molecule has 1 aromatic carbocycles. The van der Waals surface area contributed by atoms with Crippen molar-refractivity contribution in [2.45, 2.75) is 38.1 Å². The first-order valence-electron chi connectivity index (χ1n) is 6.95. The monoisotopic (exact) mass is 323 g/mol. The quantitative estimate of drug-likeness (QED) is 0.900. The first kappa shape index (κ1) is 13.0. The fourth-order valence-corrected chi connectivity index (χ4v) is 2.62. The van der Waals surface area contributed by atoms with Gasteiger partial charge in [0.05, 0.1) is 6.61 Å². The van der Waals surface area contributed by atoms with Gasteiger partial charge in [-0.2, -0.15) is 0 Å². The lowest BCUT2D eigenvalue weighted by molar-refractivity contribution is 0.0950. The molecule has 1 aromatic rings. The molecule has 0 aromatic heterocycles. The van der Waals surface area contributed by atoms with Crippen LogP contribution < -0.4 is 10.1 Å². The summed E-state index contributed by atoms with van der Waals surface area (Å²) in [5, 5.41) is 3.00. The van der Waals surface area contributed by atoms with E-state index in [-0.39, 0.29) is 5.91 Å². The van der Waals surface area contributed by atoms with Gasteiger partial charge in [0.15, 0.2) is 0 Å². The summed E-state index contributed by atoms with van der Waals surface area (Å²) < 4.78 is 6.68. The number of ether oxygens (including phenoxy) is 1. The van der Waals surface area contributed by atoms with Crippen LogP contribution in [0.25, 0.3) is 0 Å². The number of carbonyl (C=O) groups excluding carboxylic acids is 1. The summed E-state index contributed by atoms with van der Waals surface area (Å²) in [4.78, 5) is 12.0. The molecule has 0 bridgehead atoms. The predicted octanol–water partition coefficient (Wildman–Crippen LogP) is 3.52. The Bertz CT molecular complexity index is 481. The lowest BCUT2D eigenvalue weighted by Gasteiger charge is -2.25. The summed E-state index contributed by atoms with van der Waals surface area (Å²) in [6.07, 6.45) is 6.06. The Morgan fingerprint density at radius 3 is 2.68 bits per heavy atom. The van der Waals surface area contributed by atoms with Gasteiger partial charge in [-0.1, -0.05) is 22.4 Å². The zero-order valence-electron chi connectivity index (χ0n) is 10.8. The first-order valence-corrected chi connectivity index (χ1v) is 7.74. The third kappa shape index (κ3) is 3.50. The van der Waals surface area contributed by atoms with Crippen molar-refractivity contribution in [1.29, 1.82) is 0 Å². The molecule has 0 spiro atoms. The average molecular weight is 324 g/mol. The molecule has 1 N–H and O–H groups in total. The number of benzene rings is 1. The predicted molar refractivity (Wildman–Crippen MR) is 77.5 cm³/mol. The van der Waals surface area contributed by atoms with Crippen LogP contribution in [0, 0.1) is 5.92 Å². The normalized spacial score (nSPS) is 18.8. The number of hydrogen-bond donors (Lipinski definition) is 1. The number of halogens is 1. The van der Waals surface area contributed by atoms with E-state index in [2.05, 4.69) is 21.2 Å². The van der Waals surface area contributed by atoms with Crippen molar-refractivity contribution in [1.82, 2.24) is 5.32 Å². The second kappa shape index (κ2) is 5.53. The van der Waals surface area contributed by atoms with E-state index < -0.39 is 0 Å². The Labute approximate surface area is 121 Å². The Hall–Kier alpha value is -1.03. The molecule has 1 amide bonds. The van der Waals surface area contributed by atoms with Crippen molar-refractivity contribution in [3.63, 3.8) is 0 Å². The Kier molecular flexibility index (Phi) is 3.78. The maximum Gasteiger partial charge on any atom is 0.251 e. The summed E-state index contributed by atoms with van der Waals surface area (Å²) >= 11 is 3.44. The fraction of sp³-hybridized carbons (Fsp3) is 0.533. The molecule has 0 unspecified atom stereocenters. The molecule has 3 rings (SSSR count). The summed E-state index contributed by atoms with van der Waals surface area (Å²) in [5.74, 6) is 1.47. The van der Waals surface area contributed by atoms with Crippen molar-refractivity contribution in [2.24, 2.45) is 5.92 Å². The molecular weight excluding hydrogens is 306 g/mol. The molecule has 0 saturated heterocycles. The van der Waals surface area contributed by atoms with Gasteiger partial charge in [0, 0.05) is 16.1 Å². The molecule has 2 saturated carbocycles. The van der Waals surface area contributed by atoms with Gasteiger partial charge in [-0.15, -0.1) is 0 Å². The molecule has 3 nitrogen and oxygen atoms in total. The van der Waals surface area contributed by atoms with Crippen molar-refractivity contribution in [3.8, 4) is 5.75 Å². The molecule has 0 heterocycles. The van der Waals surface area contributed by atoms with Gasteiger partial charge in [-0.25, -0.2) is 0 Å². The number of nitrogens with one attached hydrogen (secondary N) is 1. The minimum Gasteiger partial charge on any atom is -0.493 e. The topological polar surface area (TPSA) is 38.3 Å². The second-order valence-corrected chi connectivity index (χ2v) is 6.45. The molecule has 0 radical (unpaired) electrons. The third-order valence-corrected chi connectivity index (χ3v) is 4.21. The van der Waals surface area contributed by atoms with Crippen LogP contribution in [0.1, 0.15) is 42.5 Å². The second-order valence-electron chi connectivity index (χ2n) is 5.53. The van der Waals surface area contributed by atoms with E-state index in [1.165, 1.54) is 19.3 Å². The van der Waals surface area contributed by atoms with Gasteiger partial charge >= 0.3 is 0 Å². The van der Waals surface area contributed by atoms with Gasteiger partial charge in [0.1, 0.15) is 5.75 Å². The minimum absolute atomic E-state index is 0.00251. The van der Waals surface area contributed by atoms with Crippen LogP contribution in [0.4, 0.5) is 0 Å². The van der Waals surface area contributed by atoms with Gasteiger partial charge in [0.2, 0.25) is 0 Å².